The number of aliphatic hydroxyl groups excluding tert-OH is 1. The second kappa shape index (κ2) is 7.67. The molecule has 2 N–H and O–H groups in total. The molecule has 0 amide bonds. The number of halogens is 1. The summed E-state index contributed by atoms with van der Waals surface area (Å²) in [7, 11) is 1.77. The van der Waals surface area contributed by atoms with Crippen LogP contribution in [0.3, 0.4) is 0 Å². The minimum atomic E-state index is -0.714. The molecule has 1 aliphatic carbocycles. The quantitative estimate of drug-likeness (QED) is 0.838. The summed E-state index contributed by atoms with van der Waals surface area (Å²) in [6.07, 6.45) is 6.87. The summed E-state index contributed by atoms with van der Waals surface area (Å²) >= 11 is 0. The van der Waals surface area contributed by atoms with Crippen molar-refractivity contribution in [1.29, 1.82) is 0 Å². The monoisotopic (exact) mass is 282 g/mol. The van der Waals surface area contributed by atoms with Crippen molar-refractivity contribution in [2.24, 2.45) is 5.92 Å². The fourth-order valence-corrected chi connectivity index (χ4v) is 2.72. The molecule has 1 aromatic heterocycles. The highest BCUT2D eigenvalue weighted by molar-refractivity contribution is 5.13. The van der Waals surface area contributed by atoms with Gasteiger partial charge >= 0.3 is 0 Å². The average Bonchev–Trinajstić information content (AvgIpc) is 2.48. The molecular formula is C15H23FN2O2. The van der Waals surface area contributed by atoms with Crippen LogP contribution in [0.25, 0.3) is 0 Å². The molecule has 5 heteroatoms. The van der Waals surface area contributed by atoms with E-state index in [1.807, 2.05) is 0 Å². The maximum atomic E-state index is 13.0. The van der Waals surface area contributed by atoms with Gasteiger partial charge in [0, 0.05) is 25.4 Å². The van der Waals surface area contributed by atoms with Gasteiger partial charge in [-0.05, 0) is 44.2 Å². The van der Waals surface area contributed by atoms with Crippen LogP contribution in [0.15, 0.2) is 18.5 Å². The first-order chi connectivity index (χ1) is 9.69. The van der Waals surface area contributed by atoms with Gasteiger partial charge in [-0.25, -0.2) is 4.39 Å². The zero-order valence-electron chi connectivity index (χ0n) is 11.9. The first kappa shape index (κ1) is 15.4. The maximum absolute atomic E-state index is 13.0. The van der Waals surface area contributed by atoms with E-state index in [0.717, 1.165) is 38.4 Å². The van der Waals surface area contributed by atoms with Gasteiger partial charge in [0.2, 0.25) is 0 Å². The number of hydrogen-bond acceptors (Lipinski definition) is 4. The molecule has 0 bridgehead atoms. The van der Waals surface area contributed by atoms with Gasteiger partial charge in [0.05, 0.1) is 18.4 Å². The van der Waals surface area contributed by atoms with Gasteiger partial charge in [-0.3, -0.25) is 4.98 Å². The fourth-order valence-electron chi connectivity index (χ4n) is 2.72. The van der Waals surface area contributed by atoms with E-state index in [1.54, 1.807) is 7.11 Å². The number of rotatable bonds is 6. The van der Waals surface area contributed by atoms with Gasteiger partial charge in [-0.15, -0.1) is 0 Å². The van der Waals surface area contributed by atoms with E-state index < -0.39 is 11.9 Å². The van der Waals surface area contributed by atoms with Crippen molar-refractivity contribution >= 4 is 0 Å². The summed E-state index contributed by atoms with van der Waals surface area (Å²) < 4.78 is 18.4. The molecule has 1 atom stereocenters. The molecule has 0 spiro atoms. The van der Waals surface area contributed by atoms with Gasteiger partial charge in [0.1, 0.15) is 5.82 Å². The predicted molar refractivity (Wildman–Crippen MR) is 74.8 cm³/mol. The normalized spacial score (nSPS) is 24.6. The number of nitrogens with one attached hydrogen (secondary N) is 1. The first-order valence-electron chi connectivity index (χ1n) is 7.21. The number of ether oxygens (including phenoxy) is 1. The molecule has 1 fully saturated rings. The topological polar surface area (TPSA) is 54.4 Å². The second-order valence-corrected chi connectivity index (χ2v) is 5.49. The van der Waals surface area contributed by atoms with E-state index in [4.69, 9.17) is 4.74 Å². The third-order valence-corrected chi connectivity index (χ3v) is 4.01. The van der Waals surface area contributed by atoms with Crippen molar-refractivity contribution < 1.29 is 14.2 Å². The Labute approximate surface area is 119 Å². The summed E-state index contributed by atoms with van der Waals surface area (Å²) in [5, 5.41) is 13.2. The largest absolute Gasteiger partial charge is 0.387 e. The number of pyridine rings is 1. The lowest BCUT2D eigenvalue weighted by molar-refractivity contribution is 0.0561. The number of hydrogen-bond donors (Lipinski definition) is 2. The van der Waals surface area contributed by atoms with Crippen LogP contribution in [0.2, 0.25) is 0 Å². The molecule has 0 aliphatic heterocycles. The van der Waals surface area contributed by atoms with Crippen molar-refractivity contribution in [2.75, 3.05) is 20.2 Å². The van der Waals surface area contributed by atoms with Crippen LogP contribution < -0.4 is 5.32 Å². The summed E-state index contributed by atoms with van der Waals surface area (Å²) in [5.41, 5.74) is 0.514. The summed E-state index contributed by atoms with van der Waals surface area (Å²) in [4.78, 5) is 3.74. The zero-order valence-corrected chi connectivity index (χ0v) is 11.9. The molecule has 0 aromatic carbocycles. The highest BCUT2D eigenvalue weighted by atomic mass is 19.1. The van der Waals surface area contributed by atoms with Crippen molar-refractivity contribution in [3.8, 4) is 0 Å². The molecule has 0 radical (unpaired) electrons. The lowest BCUT2D eigenvalue weighted by Gasteiger charge is -2.28. The lowest BCUT2D eigenvalue weighted by atomic mass is 9.87. The SMILES string of the molecule is COC1CCC(CNC[C@H](O)c2cncc(F)c2)CC1. The average molecular weight is 282 g/mol. The Bertz CT molecular complexity index is 409. The number of methoxy groups -OCH3 is 1. The van der Waals surface area contributed by atoms with Gasteiger partial charge in [0.25, 0.3) is 0 Å². The molecule has 20 heavy (non-hydrogen) atoms. The van der Waals surface area contributed by atoms with Crippen LogP contribution in [-0.2, 0) is 4.74 Å². The Morgan fingerprint density at radius 3 is 2.80 bits per heavy atom. The molecule has 0 unspecified atom stereocenters. The molecular weight excluding hydrogens is 259 g/mol. The van der Waals surface area contributed by atoms with Crippen molar-refractivity contribution in [1.82, 2.24) is 10.3 Å². The second-order valence-electron chi connectivity index (χ2n) is 5.49. The number of aromatic nitrogens is 1. The lowest BCUT2D eigenvalue weighted by Crippen LogP contribution is -2.31. The van der Waals surface area contributed by atoms with Crippen LogP contribution >= 0.6 is 0 Å². The standard InChI is InChI=1S/C15H23FN2O2/c1-20-14-4-2-11(3-5-14)7-17-10-15(19)12-6-13(16)9-18-8-12/h6,8-9,11,14-15,17,19H,2-5,7,10H2,1H3/t11?,14?,15-/m0/s1. The molecule has 2 rings (SSSR count). The highest BCUT2D eigenvalue weighted by Crippen LogP contribution is 2.25. The van der Waals surface area contributed by atoms with E-state index in [9.17, 15) is 9.50 Å². The van der Waals surface area contributed by atoms with Gasteiger partial charge < -0.3 is 15.2 Å². The summed E-state index contributed by atoms with van der Waals surface area (Å²) in [6, 6.07) is 1.32. The zero-order chi connectivity index (χ0) is 14.4. The molecule has 1 saturated carbocycles. The third-order valence-electron chi connectivity index (χ3n) is 4.01. The Hall–Kier alpha value is -1.04. The molecule has 1 heterocycles. The maximum Gasteiger partial charge on any atom is 0.141 e. The van der Waals surface area contributed by atoms with E-state index in [2.05, 4.69) is 10.3 Å². The van der Waals surface area contributed by atoms with Crippen molar-refractivity contribution in [3.63, 3.8) is 0 Å². The number of aliphatic hydroxyl groups is 1. The minimum Gasteiger partial charge on any atom is -0.387 e. The van der Waals surface area contributed by atoms with Crippen LogP contribution in [-0.4, -0.2) is 36.4 Å². The molecule has 112 valence electrons. The minimum absolute atomic E-state index is 0.412. The van der Waals surface area contributed by atoms with Gasteiger partial charge in [-0.2, -0.15) is 0 Å². The fraction of sp³-hybridized carbons (Fsp3) is 0.667. The summed E-state index contributed by atoms with van der Waals surface area (Å²) in [5.74, 6) is 0.221. The summed E-state index contributed by atoms with van der Waals surface area (Å²) in [6.45, 7) is 1.31. The Kier molecular flexibility index (Phi) is 5.88. The van der Waals surface area contributed by atoms with E-state index in [-0.39, 0.29) is 0 Å². The molecule has 4 nitrogen and oxygen atoms in total. The molecule has 1 aliphatic rings. The Morgan fingerprint density at radius 2 is 2.15 bits per heavy atom. The van der Waals surface area contributed by atoms with E-state index in [0.29, 0.717) is 24.1 Å². The Balaban J connectivity index is 1.68. The molecule has 1 aromatic rings. The van der Waals surface area contributed by atoms with Crippen LogP contribution in [0.5, 0.6) is 0 Å². The smallest absolute Gasteiger partial charge is 0.141 e. The van der Waals surface area contributed by atoms with Gasteiger partial charge in [-0.1, -0.05) is 0 Å². The van der Waals surface area contributed by atoms with E-state index >= 15 is 0 Å². The highest BCUT2D eigenvalue weighted by Gasteiger charge is 2.20. The number of nitrogens with zero attached hydrogens (tertiary/aromatic N) is 1. The predicted octanol–water partition coefficient (Wildman–Crippen LogP) is 2.05. The molecule has 0 saturated heterocycles. The van der Waals surface area contributed by atoms with Crippen molar-refractivity contribution in [2.45, 2.75) is 37.9 Å². The Morgan fingerprint density at radius 1 is 1.40 bits per heavy atom. The van der Waals surface area contributed by atoms with Crippen LogP contribution in [0.4, 0.5) is 4.39 Å². The van der Waals surface area contributed by atoms with Crippen LogP contribution in [0, 0.1) is 11.7 Å². The van der Waals surface area contributed by atoms with E-state index in [1.165, 1.54) is 12.3 Å². The van der Waals surface area contributed by atoms with Crippen LogP contribution in [0.1, 0.15) is 37.4 Å². The third kappa shape index (κ3) is 4.51. The first-order valence-corrected chi connectivity index (χ1v) is 7.21. The van der Waals surface area contributed by atoms with Gasteiger partial charge in [0.15, 0.2) is 0 Å². The van der Waals surface area contributed by atoms with Crippen molar-refractivity contribution in [3.05, 3.63) is 29.8 Å².